The normalized spacial score (nSPS) is 29.1. The minimum atomic E-state index is -0.745. The highest BCUT2D eigenvalue weighted by atomic mass is 16.3. The fourth-order valence-corrected chi connectivity index (χ4v) is 2.49. The Hall–Kier alpha value is -0.370. The lowest BCUT2D eigenvalue weighted by Crippen LogP contribution is -2.34. The summed E-state index contributed by atoms with van der Waals surface area (Å²) in [6.45, 7) is 6.00. The van der Waals surface area contributed by atoms with E-state index in [9.17, 15) is 9.90 Å². The number of aliphatic hydroxyl groups excluding tert-OH is 1. The molecule has 88 valence electrons. The molecule has 0 aromatic carbocycles. The van der Waals surface area contributed by atoms with E-state index in [1.807, 2.05) is 13.8 Å². The van der Waals surface area contributed by atoms with Gasteiger partial charge in [-0.25, -0.2) is 0 Å². The Morgan fingerprint density at radius 3 is 2.60 bits per heavy atom. The molecule has 1 saturated carbocycles. The van der Waals surface area contributed by atoms with Crippen molar-refractivity contribution in [1.29, 1.82) is 0 Å². The molecule has 0 amide bonds. The Labute approximate surface area is 93.1 Å². The molecular formula is C13H24O2. The van der Waals surface area contributed by atoms with E-state index in [2.05, 4.69) is 6.92 Å². The number of rotatable bonds is 4. The summed E-state index contributed by atoms with van der Waals surface area (Å²) in [6.07, 6.45) is 4.82. The van der Waals surface area contributed by atoms with E-state index in [4.69, 9.17) is 0 Å². The van der Waals surface area contributed by atoms with Crippen molar-refractivity contribution in [2.45, 2.75) is 59.0 Å². The Balaban J connectivity index is 2.52. The zero-order valence-corrected chi connectivity index (χ0v) is 10.2. The third-order valence-electron chi connectivity index (χ3n) is 3.69. The van der Waals surface area contributed by atoms with Crippen LogP contribution in [0.2, 0.25) is 0 Å². The molecule has 3 atom stereocenters. The number of ketones is 1. The number of carbonyl (C=O) groups excluding carboxylic acids is 1. The van der Waals surface area contributed by atoms with E-state index in [0.29, 0.717) is 5.92 Å². The van der Waals surface area contributed by atoms with Gasteiger partial charge in [-0.3, -0.25) is 4.79 Å². The highest BCUT2D eigenvalue weighted by molar-refractivity contribution is 5.85. The van der Waals surface area contributed by atoms with Crippen molar-refractivity contribution < 1.29 is 9.90 Å². The molecule has 0 radical (unpaired) electrons. The number of aliphatic hydroxyl groups is 1. The van der Waals surface area contributed by atoms with Crippen molar-refractivity contribution in [2.24, 2.45) is 17.8 Å². The fraction of sp³-hybridized carbons (Fsp3) is 0.923. The van der Waals surface area contributed by atoms with Crippen LogP contribution >= 0.6 is 0 Å². The number of hydrogen-bond donors (Lipinski definition) is 1. The Kier molecular flexibility index (Phi) is 4.78. The standard InChI is InChI=1S/C13H24O2/c1-4-10-6-5-7-11(8-10)13(15)12(14)9(2)3/h9-12,14H,4-8H2,1-3H3. The van der Waals surface area contributed by atoms with Gasteiger partial charge in [0.2, 0.25) is 0 Å². The van der Waals surface area contributed by atoms with Gasteiger partial charge >= 0.3 is 0 Å². The Morgan fingerprint density at radius 1 is 1.40 bits per heavy atom. The van der Waals surface area contributed by atoms with Gasteiger partial charge in [0.15, 0.2) is 5.78 Å². The fourth-order valence-electron chi connectivity index (χ4n) is 2.49. The largest absolute Gasteiger partial charge is 0.385 e. The molecule has 0 bridgehead atoms. The van der Waals surface area contributed by atoms with Gasteiger partial charge in [-0.2, -0.15) is 0 Å². The van der Waals surface area contributed by atoms with Crippen LogP contribution in [0.15, 0.2) is 0 Å². The van der Waals surface area contributed by atoms with E-state index in [0.717, 1.165) is 19.3 Å². The van der Waals surface area contributed by atoms with E-state index in [1.165, 1.54) is 12.8 Å². The van der Waals surface area contributed by atoms with Crippen LogP contribution in [0.4, 0.5) is 0 Å². The van der Waals surface area contributed by atoms with Crippen LogP contribution in [0, 0.1) is 17.8 Å². The smallest absolute Gasteiger partial charge is 0.164 e. The molecule has 0 spiro atoms. The summed E-state index contributed by atoms with van der Waals surface area (Å²) >= 11 is 0. The van der Waals surface area contributed by atoms with Crippen LogP contribution in [-0.4, -0.2) is 17.0 Å². The average molecular weight is 212 g/mol. The molecule has 1 N–H and O–H groups in total. The molecule has 1 fully saturated rings. The van der Waals surface area contributed by atoms with Crippen LogP contribution < -0.4 is 0 Å². The van der Waals surface area contributed by atoms with E-state index in [1.54, 1.807) is 0 Å². The molecule has 1 aliphatic rings. The molecule has 3 unspecified atom stereocenters. The third-order valence-corrected chi connectivity index (χ3v) is 3.69. The van der Waals surface area contributed by atoms with Crippen molar-refractivity contribution in [1.82, 2.24) is 0 Å². The molecule has 1 rings (SSSR count). The Bertz CT molecular complexity index is 211. The molecule has 0 aliphatic heterocycles. The highest BCUT2D eigenvalue weighted by Crippen LogP contribution is 2.32. The Morgan fingerprint density at radius 2 is 2.07 bits per heavy atom. The topological polar surface area (TPSA) is 37.3 Å². The van der Waals surface area contributed by atoms with Crippen LogP contribution in [-0.2, 0) is 4.79 Å². The van der Waals surface area contributed by atoms with Crippen molar-refractivity contribution in [3.05, 3.63) is 0 Å². The average Bonchev–Trinajstić information content (AvgIpc) is 2.27. The number of hydrogen-bond acceptors (Lipinski definition) is 2. The third kappa shape index (κ3) is 3.30. The van der Waals surface area contributed by atoms with Crippen molar-refractivity contribution in [2.75, 3.05) is 0 Å². The summed E-state index contributed by atoms with van der Waals surface area (Å²) < 4.78 is 0. The second-order valence-corrected chi connectivity index (χ2v) is 5.23. The van der Waals surface area contributed by atoms with Crippen molar-refractivity contribution >= 4 is 5.78 Å². The summed E-state index contributed by atoms with van der Waals surface area (Å²) in [5.41, 5.74) is 0. The molecule has 0 aromatic rings. The first-order chi connectivity index (χ1) is 7.06. The first-order valence-electron chi connectivity index (χ1n) is 6.28. The summed E-state index contributed by atoms with van der Waals surface area (Å²) in [5.74, 6) is 0.968. The maximum absolute atomic E-state index is 12.0. The van der Waals surface area contributed by atoms with Gasteiger partial charge in [-0.15, -0.1) is 0 Å². The van der Waals surface area contributed by atoms with Crippen molar-refractivity contribution in [3.63, 3.8) is 0 Å². The second-order valence-electron chi connectivity index (χ2n) is 5.23. The molecule has 0 saturated heterocycles. The van der Waals surface area contributed by atoms with Gasteiger partial charge < -0.3 is 5.11 Å². The van der Waals surface area contributed by atoms with Crippen LogP contribution in [0.1, 0.15) is 52.9 Å². The molecule has 1 aliphatic carbocycles. The summed E-state index contributed by atoms with van der Waals surface area (Å²) in [7, 11) is 0. The van der Waals surface area contributed by atoms with Crippen LogP contribution in [0.5, 0.6) is 0 Å². The lowest BCUT2D eigenvalue weighted by molar-refractivity contribution is -0.134. The molecule has 0 aromatic heterocycles. The number of Topliss-reactive ketones (excluding diaryl/α,β-unsaturated/α-hetero) is 1. The zero-order valence-electron chi connectivity index (χ0n) is 10.2. The minimum absolute atomic E-state index is 0.0551. The monoisotopic (exact) mass is 212 g/mol. The molecule has 2 nitrogen and oxygen atoms in total. The maximum atomic E-state index is 12.0. The number of carbonyl (C=O) groups is 1. The van der Waals surface area contributed by atoms with E-state index >= 15 is 0 Å². The molecular weight excluding hydrogens is 188 g/mol. The molecule has 2 heteroatoms. The predicted molar refractivity (Wildman–Crippen MR) is 61.6 cm³/mol. The van der Waals surface area contributed by atoms with E-state index in [-0.39, 0.29) is 17.6 Å². The maximum Gasteiger partial charge on any atom is 0.164 e. The van der Waals surface area contributed by atoms with Gasteiger partial charge in [0, 0.05) is 5.92 Å². The zero-order chi connectivity index (χ0) is 11.4. The summed E-state index contributed by atoms with van der Waals surface area (Å²) in [6, 6.07) is 0. The van der Waals surface area contributed by atoms with Crippen LogP contribution in [0.3, 0.4) is 0 Å². The summed E-state index contributed by atoms with van der Waals surface area (Å²) in [4.78, 5) is 12.0. The van der Waals surface area contributed by atoms with Gasteiger partial charge in [-0.05, 0) is 24.7 Å². The van der Waals surface area contributed by atoms with Gasteiger partial charge in [0.25, 0.3) is 0 Å². The SMILES string of the molecule is CCC1CCCC(C(=O)C(O)C(C)C)C1. The first-order valence-corrected chi connectivity index (χ1v) is 6.28. The lowest BCUT2D eigenvalue weighted by Gasteiger charge is -2.29. The molecule has 0 heterocycles. The molecule has 15 heavy (non-hydrogen) atoms. The second kappa shape index (κ2) is 5.64. The minimum Gasteiger partial charge on any atom is -0.385 e. The first kappa shape index (κ1) is 12.7. The van der Waals surface area contributed by atoms with E-state index < -0.39 is 6.10 Å². The lowest BCUT2D eigenvalue weighted by atomic mass is 9.76. The summed E-state index contributed by atoms with van der Waals surface area (Å²) in [5, 5.41) is 9.76. The van der Waals surface area contributed by atoms with Crippen molar-refractivity contribution in [3.8, 4) is 0 Å². The van der Waals surface area contributed by atoms with Gasteiger partial charge in [0.05, 0.1) is 0 Å². The van der Waals surface area contributed by atoms with Crippen LogP contribution in [0.25, 0.3) is 0 Å². The van der Waals surface area contributed by atoms with Gasteiger partial charge in [-0.1, -0.05) is 40.0 Å². The van der Waals surface area contributed by atoms with Gasteiger partial charge in [0.1, 0.15) is 6.10 Å². The quantitative estimate of drug-likeness (QED) is 0.778. The predicted octanol–water partition coefficient (Wildman–Crippen LogP) is 2.79. The highest BCUT2D eigenvalue weighted by Gasteiger charge is 2.31.